The molecule has 1 unspecified atom stereocenters. The summed E-state index contributed by atoms with van der Waals surface area (Å²) in [5, 5.41) is 14.2. The summed E-state index contributed by atoms with van der Waals surface area (Å²) in [5.41, 5.74) is 0. The second-order valence-corrected chi connectivity index (χ2v) is 3.04. The van der Waals surface area contributed by atoms with Gasteiger partial charge in [0.25, 0.3) is 0 Å². The van der Waals surface area contributed by atoms with Gasteiger partial charge in [0, 0.05) is 13.7 Å². The first-order valence-electron chi connectivity index (χ1n) is 4.78. The summed E-state index contributed by atoms with van der Waals surface area (Å²) in [6.45, 7) is 0.950. The zero-order valence-electron chi connectivity index (χ0n) is 8.95. The normalized spacial score (nSPS) is 11.8. The summed E-state index contributed by atoms with van der Waals surface area (Å²) in [6.07, 6.45) is 5.49. The summed E-state index contributed by atoms with van der Waals surface area (Å²) in [5.74, 6) is 2.22. The minimum absolute atomic E-state index is 0.0199. The van der Waals surface area contributed by atoms with E-state index in [1.807, 2.05) is 0 Å². The number of nitrogens with one attached hydrogen (secondary N) is 2. The number of methoxy groups -OCH3 is 1. The SMILES string of the molecule is C#CCNCC(=O)NC(CCO)COC. The first-order chi connectivity index (χ1) is 7.24. The van der Waals surface area contributed by atoms with Crippen LogP contribution in [0.3, 0.4) is 0 Å². The molecule has 0 bridgehead atoms. The highest BCUT2D eigenvalue weighted by molar-refractivity contribution is 5.78. The number of rotatable bonds is 8. The Bertz CT molecular complexity index is 207. The van der Waals surface area contributed by atoms with Gasteiger partial charge in [-0.2, -0.15) is 0 Å². The molecule has 0 aromatic carbocycles. The number of carbonyl (C=O) groups excluding carboxylic acids is 1. The van der Waals surface area contributed by atoms with Gasteiger partial charge in [0.05, 0.1) is 25.7 Å². The molecule has 0 aliphatic heterocycles. The highest BCUT2D eigenvalue weighted by atomic mass is 16.5. The second kappa shape index (κ2) is 9.46. The summed E-state index contributed by atoms with van der Waals surface area (Å²) in [4.78, 5) is 11.3. The van der Waals surface area contributed by atoms with E-state index in [0.29, 0.717) is 19.6 Å². The van der Waals surface area contributed by atoms with Crippen molar-refractivity contribution in [3.05, 3.63) is 0 Å². The van der Waals surface area contributed by atoms with Gasteiger partial charge in [-0.25, -0.2) is 0 Å². The maximum Gasteiger partial charge on any atom is 0.234 e. The Morgan fingerprint density at radius 3 is 2.93 bits per heavy atom. The lowest BCUT2D eigenvalue weighted by Crippen LogP contribution is -2.43. The Morgan fingerprint density at radius 2 is 2.40 bits per heavy atom. The van der Waals surface area contributed by atoms with Gasteiger partial charge in [-0.3, -0.25) is 10.1 Å². The van der Waals surface area contributed by atoms with E-state index in [2.05, 4.69) is 16.6 Å². The third-order valence-corrected chi connectivity index (χ3v) is 1.72. The minimum atomic E-state index is -0.153. The quantitative estimate of drug-likeness (QED) is 0.348. The maximum atomic E-state index is 11.3. The summed E-state index contributed by atoms with van der Waals surface area (Å²) in [7, 11) is 1.55. The van der Waals surface area contributed by atoms with Crippen molar-refractivity contribution in [1.29, 1.82) is 0 Å². The van der Waals surface area contributed by atoms with E-state index in [4.69, 9.17) is 16.3 Å². The fraction of sp³-hybridized carbons (Fsp3) is 0.700. The summed E-state index contributed by atoms with van der Waals surface area (Å²) < 4.78 is 4.90. The Kier molecular flexibility index (Phi) is 8.78. The number of ether oxygens (including phenoxy) is 1. The van der Waals surface area contributed by atoms with Gasteiger partial charge in [-0.15, -0.1) is 6.42 Å². The largest absolute Gasteiger partial charge is 0.396 e. The molecule has 3 N–H and O–H groups in total. The number of amides is 1. The number of terminal acetylenes is 1. The molecule has 0 heterocycles. The molecule has 0 fully saturated rings. The van der Waals surface area contributed by atoms with Crippen LogP contribution in [-0.4, -0.2) is 50.5 Å². The number of aliphatic hydroxyl groups is 1. The number of aliphatic hydroxyl groups excluding tert-OH is 1. The molecule has 5 nitrogen and oxygen atoms in total. The lowest BCUT2D eigenvalue weighted by Gasteiger charge is -2.16. The van der Waals surface area contributed by atoms with Gasteiger partial charge in [-0.05, 0) is 6.42 Å². The van der Waals surface area contributed by atoms with Gasteiger partial charge in [0.1, 0.15) is 0 Å². The van der Waals surface area contributed by atoms with Crippen molar-refractivity contribution in [3.63, 3.8) is 0 Å². The molecule has 0 aromatic heterocycles. The van der Waals surface area contributed by atoms with E-state index < -0.39 is 0 Å². The Morgan fingerprint density at radius 1 is 1.67 bits per heavy atom. The predicted molar refractivity (Wildman–Crippen MR) is 57.2 cm³/mol. The molecule has 0 rings (SSSR count). The lowest BCUT2D eigenvalue weighted by molar-refractivity contribution is -0.121. The van der Waals surface area contributed by atoms with Gasteiger partial charge in [0.15, 0.2) is 0 Å². The molecule has 15 heavy (non-hydrogen) atoms. The Balaban J connectivity index is 3.73. The molecule has 1 atom stereocenters. The van der Waals surface area contributed by atoms with Gasteiger partial charge in [0.2, 0.25) is 5.91 Å². The highest BCUT2D eigenvalue weighted by Gasteiger charge is 2.10. The topological polar surface area (TPSA) is 70.6 Å². The first kappa shape index (κ1) is 13.9. The molecule has 0 saturated carbocycles. The van der Waals surface area contributed by atoms with Crippen LogP contribution < -0.4 is 10.6 Å². The van der Waals surface area contributed by atoms with Crippen molar-refractivity contribution in [2.24, 2.45) is 0 Å². The fourth-order valence-corrected chi connectivity index (χ4v) is 1.08. The van der Waals surface area contributed by atoms with Crippen LogP contribution in [0.2, 0.25) is 0 Å². The van der Waals surface area contributed by atoms with Crippen LogP contribution in [0.25, 0.3) is 0 Å². The third-order valence-electron chi connectivity index (χ3n) is 1.72. The van der Waals surface area contributed by atoms with Crippen molar-refractivity contribution < 1.29 is 14.6 Å². The van der Waals surface area contributed by atoms with Gasteiger partial charge < -0.3 is 15.2 Å². The van der Waals surface area contributed by atoms with E-state index in [-0.39, 0.29) is 25.1 Å². The predicted octanol–water partition coefficient (Wildman–Crippen LogP) is -1.28. The van der Waals surface area contributed by atoms with E-state index in [1.54, 1.807) is 7.11 Å². The van der Waals surface area contributed by atoms with Crippen LogP contribution >= 0.6 is 0 Å². The zero-order chi connectivity index (χ0) is 11.5. The standard InChI is InChI=1S/C10H18N2O3/c1-3-5-11-7-10(14)12-9(4-6-13)8-15-2/h1,9,11,13H,4-8H2,2H3,(H,12,14). The van der Waals surface area contributed by atoms with Crippen LogP contribution in [0.5, 0.6) is 0 Å². The maximum absolute atomic E-state index is 11.3. The van der Waals surface area contributed by atoms with E-state index in [9.17, 15) is 4.79 Å². The molecular formula is C10H18N2O3. The molecular weight excluding hydrogens is 196 g/mol. The molecule has 0 aromatic rings. The molecule has 5 heteroatoms. The van der Waals surface area contributed by atoms with Crippen LogP contribution in [0.1, 0.15) is 6.42 Å². The van der Waals surface area contributed by atoms with Gasteiger partial charge in [-0.1, -0.05) is 5.92 Å². The van der Waals surface area contributed by atoms with E-state index in [1.165, 1.54) is 0 Å². The fourth-order valence-electron chi connectivity index (χ4n) is 1.08. The van der Waals surface area contributed by atoms with Crippen molar-refractivity contribution in [3.8, 4) is 12.3 Å². The first-order valence-corrected chi connectivity index (χ1v) is 4.78. The highest BCUT2D eigenvalue weighted by Crippen LogP contribution is 1.91. The Hall–Kier alpha value is -1.09. The smallest absolute Gasteiger partial charge is 0.234 e. The molecule has 0 aliphatic rings. The molecule has 0 spiro atoms. The molecule has 0 saturated heterocycles. The van der Waals surface area contributed by atoms with Crippen molar-refractivity contribution in [2.45, 2.75) is 12.5 Å². The van der Waals surface area contributed by atoms with E-state index in [0.717, 1.165) is 0 Å². The second-order valence-electron chi connectivity index (χ2n) is 3.04. The summed E-state index contributed by atoms with van der Waals surface area (Å²) >= 11 is 0. The average Bonchev–Trinajstić information content (AvgIpc) is 2.19. The lowest BCUT2D eigenvalue weighted by atomic mass is 10.2. The molecule has 86 valence electrons. The average molecular weight is 214 g/mol. The van der Waals surface area contributed by atoms with Crippen LogP contribution in [-0.2, 0) is 9.53 Å². The molecule has 0 radical (unpaired) electrons. The van der Waals surface area contributed by atoms with Crippen molar-refractivity contribution in [2.75, 3.05) is 33.4 Å². The Labute approximate surface area is 90.2 Å². The van der Waals surface area contributed by atoms with Crippen LogP contribution in [0.4, 0.5) is 0 Å². The van der Waals surface area contributed by atoms with E-state index >= 15 is 0 Å². The van der Waals surface area contributed by atoms with Crippen molar-refractivity contribution in [1.82, 2.24) is 10.6 Å². The number of hydrogen-bond donors (Lipinski definition) is 3. The third kappa shape index (κ3) is 7.94. The van der Waals surface area contributed by atoms with Crippen LogP contribution in [0, 0.1) is 12.3 Å². The van der Waals surface area contributed by atoms with Crippen LogP contribution in [0.15, 0.2) is 0 Å². The molecule has 0 aliphatic carbocycles. The number of hydrogen-bond acceptors (Lipinski definition) is 4. The minimum Gasteiger partial charge on any atom is -0.396 e. The number of carbonyl (C=O) groups is 1. The van der Waals surface area contributed by atoms with Crippen molar-refractivity contribution >= 4 is 5.91 Å². The van der Waals surface area contributed by atoms with Gasteiger partial charge >= 0.3 is 0 Å². The molecule has 1 amide bonds. The zero-order valence-corrected chi connectivity index (χ0v) is 8.95. The summed E-state index contributed by atoms with van der Waals surface area (Å²) in [6, 6.07) is -0.153. The monoisotopic (exact) mass is 214 g/mol.